The Kier molecular flexibility index (Phi) is 7.45. The Hall–Kier alpha value is -1.93. The van der Waals surface area contributed by atoms with Crippen molar-refractivity contribution in [2.45, 2.75) is 12.8 Å². The van der Waals surface area contributed by atoms with Gasteiger partial charge in [-0.2, -0.15) is 0 Å². The standard InChI is InChI=1S/C18H30N6O2/c1-19-17(20-7-3-12-25-14-16-4-13-26-15-16)23-8-10-24(11-9-23)18-21-5-2-6-22-18/h2,5-6,16H,3-4,7-15H2,1H3,(H,19,20). The third-order valence-electron chi connectivity index (χ3n) is 4.75. The van der Waals surface area contributed by atoms with E-state index in [4.69, 9.17) is 9.47 Å². The number of guanidine groups is 1. The lowest BCUT2D eigenvalue weighted by molar-refractivity contribution is 0.0887. The van der Waals surface area contributed by atoms with Gasteiger partial charge in [0.05, 0.1) is 13.2 Å². The van der Waals surface area contributed by atoms with Crippen LogP contribution in [0.2, 0.25) is 0 Å². The number of anilines is 1. The summed E-state index contributed by atoms with van der Waals surface area (Å²) < 4.78 is 11.1. The maximum atomic E-state index is 5.75. The van der Waals surface area contributed by atoms with Gasteiger partial charge in [-0.1, -0.05) is 0 Å². The number of aromatic nitrogens is 2. The number of rotatable bonds is 7. The molecule has 2 fully saturated rings. The molecule has 2 aliphatic heterocycles. The Balaban J connectivity index is 1.30. The van der Waals surface area contributed by atoms with Crippen molar-refractivity contribution < 1.29 is 9.47 Å². The lowest BCUT2D eigenvalue weighted by Crippen LogP contribution is -2.53. The van der Waals surface area contributed by atoms with Crippen molar-refractivity contribution in [3.05, 3.63) is 18.5 Å². The van der Waals surface area contributed by atoms with Crippen molar-refractivity contribution in [1.29, 1.82) is 0 Å². The van der Waals surface area contributed by atoms with Crippen LogP contribution >= 0.6 is 0 Å². The van der Waals surface area contributed by atoms with Gasteiger partial charge < -0.3 is 24.6 Å². The Morgan fingerprint density at radius 2 is 2.12 bits per heavy atom. The Bertz CT molecular complexity index is 542. The molecule has 1 aromatic heterocycles. The minimum Gasteiger partial charge on any atom is -0.381 e. The molecule has 1 atom stereocenters. The van der Waals surface area contributed by atoms with E-state index >= 15 is 0 Å². The highest BCUT2D eigenvalue weighted by Gasteiger charge is 2.21. The first kappa shape index (κ1) is 18.8. The second-order valence-electron chi connectivity index (χ2n) is 6.65. The zero-order chi connectivity index (χ0) is 18.0. The number of aliphatic imine (C=N–C) groups is 1. The summed E-state index contributed by atoms with van der Waals surface area (Å²) in [6, 6.07) is 1.84. The SMILES string of the molecule is CN=C(NCCCOCC1CCOC1)N1CCN(c2ncccn2)CC1. The molecule has 0 aromatic carbocycles. The molecule has 1 N–H and O–H groups in total. The molecule has 0 bridgehead atoms. The van der Waals surface area contributed by atoms with Crippen LogP contribution in [0.5, 0.6) is 0 Å². The average molecular weight is 362 g/mol. The fourth-order valence-electron chi connectivity index (χ4n) is 3.24. The molecule has 1 unspecified atom stereocenters. The van der Waals surface area contributed by atoms with Crippen LogP contribution in [-0.2, 0) is 9.47 Å². The van der Waals surface area contributed by atoms with Crippen molar-refractivity contribution in [3.63, 3.8) is 0 Å². The molecular formula is C18H30N6O2. The minimum atomic E-state index is 0.584. The summed E-state index contributed by atoms with van der Waals surface area (Å²) in [5.74, 6) is 2.35. The summed E-state index contributed by atoms with van der Waals surface area (Å²) in [5, 5.41) is 3.44. The highest BCUT2D eigenvalue weighted by molar-refractivity contribution is 5.80. The van der Waals surface area contributed by atoms with Crippen LogP contribution in [0.4, 0.5) is 5.95 Å². The summed E-state index contributed by atoms with van der Waals surface area (Å²) in [4.78, 5) is 17.6. The van der Waals surface area contributed by atoms with Gasteiger partial charge in [-0.25, -0.2) is 9.97 Å². The van der Waals surface area contributed by atoms with Crippen LogP contribution in [0.15, 0.2) is 23.5 Å². The molecule has 1 aromatic rings. The molecule has 26 heavy (non-hydrogen) atoms. The predicted octanol–water partition coefficient (Wildman–Crippen LogP) is 0.617. The molecule has 0 amide bonds. The molecule has 0 spiro atoms. The van der Waals surface area contributed by atoms with Crippen LogP contribution in [0.3, 0.4) is 0 Å². The molecule has 2 aliphatic rings. The van der Waals surface area contributed by atoms with Crippen molar-refractivity contribution in [2.75, 3.05) is 71.1 Å². The number of ether oxygens (including phenoxy) is 2. The van der Waals surface area contributed by atoms with Crippen LogP contribution < -0.4 is 10.2 Å². The third-order valence-corrected chi connectivity index (χ3v) is 4.75. The smallest absolute Gasteiger partial charge is 0.225 e. The molecule has 2 saturated heterocycles. The number of nitrogens with one attached hydrogen (secondary N) is 1. The maximum Gasteiger partial charge on any atom is 0.225 e. The van der Waals surface area contributed by atoms with Gasteiger partial charge in [0.25, 0.3) is 0 Å². The summed E-state index contributed by atoms with van der Waals surface area (Å²) >= 11 is 0. The third kappa shape index (κ3) is 5.54. The van der Waals surface area contributed by atoms with Gasteiger partial charge in [0.15, 0.2) is 5.96 Å². The zero-order valence-electron chi connectivity index (χ0n) is 15.6. The van der Waals surface area contributed by atoms with Gasteiger partial charge in [0.1, 0.15) is 0 Å². The molecule has 0 aliphatic carbocycles. The van der Waals surface area contributed by atoms with E-state index in [0.717, 1.165) is 83.9 Å². The predicted molar refractivity (Wildman–Crippen MR) is 102 cm³/mol. The van der Waals surface area contributed by atoms with Gasteiger partial charge in [-0.05, 0) is 18.9 Å². The zero-order valence-corrected chi connectivity index (χ0v) is 15.6. The molecule has 3 rings (SSSR count). The van der Waals surface area contributed by atoms with Crippen LogP contribution in [0.1, 0.15) is 12.8 Å². The van der Waals surface area contributed by atoms with E-state index < -0.39 is 0 Å². The Morgan fingerprint density at radius 3 is 2.81 bits per heavy atom. The second kappa shape index (κ2) is 10.3. The van der Waals surface area contributed by atoms with Gasteiger partial charge in [-0.15, -0.1) is 0 Å². The molecule has 144 valence electrons. The number of hydrogen-bond donors (Lipinski definition) is 1. The molecule has 8 nitrogen and oxygen atoms in total. The first-order valence-electron chi connectivity index (χ1n) is 9.50. The Morgan fingerprint density at radius 1 is 1.31 bits per heavy atom. The molecular weight excluding hydrogens is 332 g/mol. The van der Waals surface area contributed by atoms with Crippen molar-refractivity contribution in [2.24, 2.45) is 10.9 Å². The largest absolute Gasteiger partial charge is 0.381 e. The number of piperazine rings is 1. The quantitative estimate of drug-likeness (QED) is 0.433. The fourth-order valence-corrected chi connectivity index (χ4v) is 3.24. The molecule has 3 heterocycles. The molecule has 0 saturated carbocycles. The number of hydrogen-bond acceptors (Lipinski definition) is 6. The molecule has 8 heteroatoms. The monoisotopic (exact) mass is 362 g/mol. The minimum absolute atomic E-state index is 0.584. The summed E-state index contributed by atoms with van der Waals surface area (Å²) in [7, 11) is 1.84. The molecule has 0 radical (unpaired) electrons. The van der Waals surface area contributed by atoms with E-state index in [2.05, 4.69) is 30.1 Å². The van der Waals surface area contributed by atoms with Crippen LogP contribution in [-0.4, -0.2) is 87.0 Å². The van der Waals surface area contributed by atoms with E-state index in [-0.39, 0.29) is 0 Å². The topological polar surface area (TPSA) is 75.1 Å². The summed E-state index contributed by atoms with van der Waals surface area (Å²) in [5.41, 5.74) is 0. The van der Waals surface area contributed by atoms with Gasteiger partial charge >= 0.3 is 0 Å². The van der Waals surface area contributed by atoms with E-state index in [1.165, 1.54) is 0 Å². The van der Waals surface area contributed by atoms with E-state index in [1.54, 1.807) is 12.4 Å². The lowest BCUT2D eigenvalue weighted by atomic mass is 10.1. The highest BCUT2D eigenvalue weighted by Crippen LogP contribution is 2.12. The summed E-state index contributed by atoms with van der Waals surface area (Å²) in [6.45, 7) is 7.83. The van der Waals surface area contributed by atoms with E-state index in [9.17, 15) is 0 Å². The first-order chi connectivity index (χ1) is 12.9. The first-order valence-corrected chi connectivity index (χ1v) is 9.50. The van der Waals surface area contributed by atoms with E-state index in [1.807, 2.05) is 13.1 Å². The van der Waals surface area contributed by atoms with E-state index in [0.29, 0.717) is 5.92 Å². The van der Waals surface area contributed by atoms with Gasteiger partial charge in [-0.3, -0.25) is 4.99 Å². The highest BCUT2D eigenvalue weighted by atomic mass is 16.5. The van der Waals surface area contributed by atoms with Gasteiger partial charge in [0.2, 0.25) is 5.95 Å². The van der Waals surface area contributed by atoms with Gasteiger partial charge in [0, 0.05) is 71.3 Å². The van der Waals surface area contributed by atoms with Crippen LogP contribution in [0, 0.1) is 5.92 Å². The lowest BCUT2D eigenvalue weighted by Gasteiger charge is -2.36. The van der Waals surface area contributed by atoms with Crippen LogP contribution in [0.25, 0.3) is 0 Å². The van der Waals surface area contributed by atoms with Crippen molar-refractivity contribution in [1.82, 2.24) is 20.2 Å². The normalized spacial score (nSPS) is 21.3. The Labute approximate surface area is 155 Å². The van der Waals surface area contributed by atoms with Crippen molar-refractivity contribution >= 4 is 11.9 Å². The maximum absolute atomic E-state index is 5.75. The summed E-state index contributed by atoms with van der Waals surface area (Å²) in [6.07, 6.45) is 5.68. The second-order valence-corrected chi connectivity index (χ2v) is 6.65. The average Bonchev–Trinajstić information content (AvgIpc) is 3.22. The number of nitrogens with zero attached hydrogens (tertiary/aromatic N) is 5. The fraction of sp³-hybridized carbons (Fsp3) is 0.722. The van der Waals surface area contributed by atoms with Crippen molar-refractivity contribution in [3.8, 4) is 0 Å².